The summed E-state index contributed by atoms with van der Waals surface area (Å²) in [7, 11) is 0. The molecule has 0 spiro atoms. The van der Waals surface area contributed by atoms with Gasteiger partial charge in [0.25, 0.3) is 0 Å². The smallest absolute Gasteiger partial charge is 0.337 e. The molecular weight excluding hydrogens is 260 g/mol. The Morgan fingerprint density at radius 2 is 1.90 bits per heavy atom. The summed E-state index contributed by atoms with van der Waals surface area (Å²) < 4.78 is 0. The van der Waals surface area contributed by atoms with Crippen LogP contribution in [0.3, 0.4) is 0 Å². The number of carboxylic acid groups (broad SMARTS) is 1. The summed E-state index contributed by atoms with van der Waals surface area (Å²) in [5.41, 5.74) is -1.94. The minimum absolute atomic E-state index is 0.229. The Balaban J connectivity index is 2.61. The van der Waals surface area contributed by atoms with Gasteiger partial charge in [-0.1, -0.05) is 26.7 Å². The molecule has 0 aromatic heterocycles. The van der Waals surface area contributed by atoms with Gasteiger partial charge < -0.3 is 20.4 Å². The van der Waals surface area contributed by atoms with Crippen LogP contribution in [0.15, 0.2) is 0 Å². The second kappa shape index (κ2) is 6.92. The van der Waals surface area contributed by atoms with E-state index in [0.29, 0.717) is 12.5 Å². The molecule has 0 aliphatic heterocycles. The monoisotopic (exact) mass is 286 g/mol. The number of urea groups is 1. The molecule has 1 fully saturated rings. The topological polar surface area (TPSA) is 89.9 Å². The van der Waals surface area contributed by atoms with Gasteiger partial charge in [-0.05, 0) is 25.7 Å². The van der Waals surface area contributed by atoms with Crippen molar-refractivity contribution in [2.75, 3.05) is 13.1 Å². The summed E-state index contributed by atoms with van der Waals surface area (Å²) in [6.45, 7) is 5.62. The van der Waals surface area contributed by atoms with E-state index in [0.717, 1.165) is 25.7 Å². The fraction of sp³-hybridized carbons (Fsp3) is 0.857. The van der Waals surface area contributed by atoms with Gasteiger partial charge in [0.15, 0.2) is 5.60 Å². The number of nitrogens with zero attached hydrogens (tertiary/aromatic N) is 1. The Kier molecular flexibility index (Phi) is 5.80. The second-order valence-corrected chi connectivity index (χ2v) is 6.22. The van der Waals surface area contributed by atoms with Gasteiger partial charge in [-0.3, -0.25) is 0 Å². The molecule has 116 valence electrons. The number of hydrogen-bond acceptors (Lipinski definition) is 3. The van der Waals surface area contributed by atoms with Gasteiger partial charge in [-0.15, -0.1) is 0 Å². The average molecular weight is 286 g/mol. The molecule has 1 aliphatic rings. The maximum absolute atomic E-state index is 12.2. The van der Waals surface area contributed by atoms with Crippen LogP contribution in [0, 0.1) is 5.92 Å². The Morgan fingerprint density at radius 3 is 2.35 bits per heavy atom. The summed E-state index contributed by atoms with van der Waals surface area (Å²) in [5.74, 6) is -0.990. The molecule has 1 aliphatic carbocycles. The lowest BCUT2D eigenvalue weighted by Gasteiger charge is -2.31. The average Bonchev–Trinajstić information content (AvgIpc) is 2.86. The van der Waals surface area contributed by atoms with Crippen molar-refractivity contribution in [3.05, 3.63) is 0 Å². The Labute approximate surface area is 120 Å². The summed E-state index contributed by atoms with van der Waals surface area (Å²) in [6.07, 6.45) is 4.24. The first-order valence-electron chi connectivity index (χ1n) is 7.24. The van der Waals surface area contributed by atoms with Crippen molar-refractivity contribution < 1.29 is 19.8 Å². The quantitative estimate of drug-likeness (QED) is 0.689. The zero-order valence-corrected chi connectivity index (χ0v) is 12.6. The molecule has 0 bridgehead atoms. The molecule has 20 heavy (non-hydrogen) atoms. The van der Waals surface area contributed by atoms with Crippen LogP contribution in [0.4, 0.5) is 4.79 Å². The highest BCUT2D eigenvalue weighted by Crippen LogP contribution is 2.24. The Hall–Kier alpha value is -1.30. The number of aliphatic hydroxyl groups is 1. The van der Waals surface area contributed by atoms with Crippen LogP contribution in [-0.4, -0.2) is 51.8 Å². The third kappa shape index (κ3) is 4.67. The van der Waals surface area contributed by atoms with Crippen molar-refractivity contribution >= 4 is 12.0 Å². The molecule has 3 N–H and O–H groups in total. The number of carbonyl (C=O) groups excluding carboxylic acids is 1. The third-order valence-electron chi connectivity index (χ3n) is 3.63. The fourth-order valence-corrected chi connectivity index (χ4v) is 2.43. The van der Waals surface area contributed by atoms with Gasteiger partial charge in [-0.25, -0.2) is 9.59 Å². The van der Waals surface area contributed by atoms with E-state index in [2.05, 4.69) is 5.32 Å². The standard InChI is InChI=1S/C14H26N2O4/c1-10(2)8-16(11-6-4-5-7-11)13(19)15-9-14(3,20)12(17)18/h10-11,20H,4-9H2,1-3H3,(H,15,19)(H,17,18). The molecule has 2 amide bonds. The molecule has 1 rings (SSSR count). The van der Waals surface area contributed by atoms with Crippen molar-refractivity contribution in [2.24, 2.45) is 5.92 Å². The number of rotatable bonds is 6. The van der Waals surface area contributed by atoms with E-state index in [1.807, 2.05) is 13.8 Å². The zero-order valence-electron chi connectivity index (χ0n) is 12.6. The van der Waals surface area contributed by atoms with E-state index < -0.39 is 11.6 Å². The molecular formula is C14H26N2O4. The maximum Gasteiger partial charge on any atom is 0.337 e. The van der Waals surface area contributed by atoms with Gasteiger partial charge in [-0.2, -0.15) is 0 Å². The van der Waals surface area contributed by atoms with Crippen LogP contribution in [0.2, 0.25) is 0 Å². The van der Waals surface area contributed by atoms with Gasteiger partial charge >= 0.3 is 12.0 Å². The van der Waals surface area contributed by atoms with Crippen LogP contribution >= 0.6 is 0 Å². The number of carbonyl (C=O) groups is 2. The van der Waals surface area contributed by atoms with E-state index in [1.165, 1.54) is 6.92 Å². The molecule has 6 nitrogen and oxygen atoms in total. The molecule has 0 radical (unpaired) electrons. The molecule has 0 heterocycles. The van der Waals surface area contributed by atoms with Crippen molar-refractivity contribution in [1.29, 1.82) is 0 Å². The lowest BCUT2D eigenvalue weighted by molar-refractivity contribution is -0.155. The van der Waals surface area contributed by atoms with Crippen LogP contribution in [0.1, 0.15) is 46.5 Å². The van der Waals surface area contributed by atoms with E-state index in [9.17, 15) is 14.7 Å². The minimum atomic E-state index is -1.94. The summed E-state index contributed by atoms with van der Waals surface area (Å²) in [5, 5.41) is 21.0. The SMILES string of the molecule is CC(C)CN(C(=O)NCC(C)(O)C(=O)O)C1CCCC1. The van der Waals surface area contributed by atoms with Crippen LogP contribution in [0.5, 0.6) is 0 Å². The summed E-state index contributed by atoms with van der Waals surface area (Å²) >= 11 is 0. The predicted molar refractivity (Wildman–Crippen MR) is 75.5 cm³/mol. The van der Waals surface area contributed by atoms with Gasteiger partial charge in [0, 0.05) is 12.6 Å². The van der Waals surface area contributed by atoms with E-state index in [-0.39, 0.29) is 18.6 Å². The van der Waals surface area contributed by atoms with Gasteiger partial charge in [0.2, 0.25) is 0 Å². The molecule has 0 saturated heterocycles. The molecule has 1 saturated carbocycles. The van der Waals surface area contributed by atoms with Gasteiger partial charge in [0.05, 0.1) is 6.54 Å². The highest BCUT2D eigenvalue weighted by molar-refractivity contribution is 5.79. The minimum Gasteiger partial charge on any atom is -0.479 e. The third-order valence-corrected chi connectivity index (χ3v) is 3.63. The van der Waals surface area contributed by atoms with Crippen LogP contribution < -0.4 is 5.32 Å². The number of hydrogen-bond donors (Lipinski definition) is 3. The highest BCUT2D eigenvalue weighted by Gasteiger charge is 2.32. The number of amides is 2. The lowest BCUT2D eigenvalue weighted by Crippen LogP contribution is -2.52. The van der Waals surface area contributed by atoms with E-state index in [1.54, 1.807) is 4.90 Å². The molecule has 0 aromatic rings. The molecule has 0 aromatic carbocycles. The molecule has 1 unspecified atom stereocenters. The fourth-order valence-electron chi connectivity index (χ4n) is 2.43. The first-order valence-corrected chi connectivity index (χ1v) is 7.24. The van der Waals surface area contributed by atoms with Crippen molar-refractivity contribution in [3.63, 3.8) is 0 Å². The molecule has 1 atom stereocenters. The van der Waals surface area contributed by atoms with Crippen LogP contribution in [0.25, 0.3) is 0 Å². The Morgan fingerprint density at radius 1 is 1.35 bits per heavy atom. The lowest BCUT2D eigenvalue weighted by atomic mass is 10.1. The zero-order chi connectivity index (χ0) is 15.3. The summed E-state index contributed by atoms with van der Waals surface area (Å²) in [6, 6.07) is -0.0562. The Bertz CT molecular complexity index is 349. The number of nitrogens with one attached hydrogen (secondary N) is 1. The number of aliphatic carboxylic acids is 1. The molecule has 6 heteroatoms. The van der Waals surface area contributed by atoms with Crippen molar-refractivity contribution in [1.82, 2.24) is 10.2 Å². The maximum atomic E-state index is 12.2. The second-order valence-electron chi connectivity index (χ2n) is 6.22. The first-order chi connectivity index (χ1) is 9.24. The summed E-state index contributed by atoms with van der Waals surface area (Å²) in [4.78, 5) is 24.9. The van der Waals surface area contributed by atoms with Crippen molar-refractivity contribution in [3.8, 4) is 0 Å². The highest BCUT2D eigenvalue weighted by atomic mass is 16.4. The van der Waals surface area contributed by atoms with Crippen molar-refractivity contribution in [2.45, 2.75) is 58.1 Å². The van der Waals surface area contributed by atoms with Gasteiger partial charge in [0.1, 0.15) is 0 Å². The first kappa shape index (κ1) is 16.8. The number of carboxylic acids is 1. The normalized spacial score (nSPS) is 18.9. The van der Waals surface area contributed by atoms with Crippen LogP contribution in [-0.2, 0) is 4.79 Å². The van der Waals surface area contributed by atoms with E-state index >= 15 is 0 Å². The predicted octanol–water partition coefficient (Wildman–Crippen LogP) is 1.43. The largest absolute Gasteiger partial charge is 0.479 e. The van der Waals surface area contributed by atoms with E-state index in [4.69, 9.17) is 5.11 Å².